The Bertz CT molecular complexity index is 863. The monoisotopic (exact) mass is 428 g/mol. The van der Waals surface area contributed by atoms with Crippen molar-refractivity contribution in [3.8, 4) is 0 Å². The number of amides is 2. The molecule has 170 valence electrons. The molecular formula is C24H36N4O3. The number of carbonyl (C=O) groups excluding carboxylic acids is 2. The summed E-state index contributed by atoms with van der Waals surface area (Å²) in [6, 6.07) is 8.26. The lowest BCUT2D eigenvalue weighted by molar-refractivity contribution is -0.121. The van der Waals surface area contributed by atoms with E-state index >= 15 is 0 Å². The van der Waals surface area contributed by atoms with Crippen molar-refractivity contribution in [3.05, 3.63) is 36.0 Å². The van der Waals surface area contributed by atoms with Gasteiger partial charge >= 0.3 is 6.09 Å². The van der Waals surface area contributed by atoms with Crippen molar-refractivity contribution in [3.63, 3.8) is 0 Å². The Hall–Kier alpha value is -2.54. The Morgan fingerprint density at radius 1 is 1.10 bits per heavy atom. The molecule has 7 heteroatoms. The summed E-state index contributed by atoms with van der Waals surface area (Å²) in [6.07, 6.45) is 5.03. The van der Waals surface area contributed by atoms with Crippen LogP contribution in [0.1, 0.15) is 45.6 Å². The molecule has 1 aromatic heterocycles. The quantitative estimate of drug-likeness (QED) is 0.631. The molecule has 1 fully saturated rings. The smallest absolute Gasteiger partial charge is 0.410 e. The van der Waals surface area contributed by atoms with E-state index in [1.54, 1.807) is 4.90 Å². The number of H-pyrrole nitrogens is 1. The fourth-order valence-electron chi connectivity index (χ4n) is 3.88. The molecule has 0 spiro atoms. The zero-order valence-corrected chi connectivity index (χ0v) is 19.1. The Morgan fingerprint density at radius 3 is 2.58 bits per heavy atom. The van der Waals surface area contributed by atoms with E-state index in [1.807, 2.05) is 39.1 Å². The summed E-state index contributed by atoms with van der Waals surface area (Å²) in [5.74, 6) is 0.120. The van der Waals surface area contributed by atoms with Gasteiger partial charge in [-0.25, -0.2) is 4.79 Å². The van der Waals surface area contributed by atoms with Crippen LogP contribution in [0.25, 0.3) is 10.9 Å². The molecule has 2 N–H and O–H groups in total. The van der Waals surface area contributed by atoms with Gasteiger partial charge < -0.3 is 19.9 Å². The molecule has 0 bridgehead atoms. The molecule has 1 aliphatic rings. The summed E-state index contributed by atoms with van der Waals surface area (Å²) in [5.41, 5.74) is 1.96. The number of ether oxygens (including phenoxy) is 1. The fraction of sp³-hybridized carbons (Fsp3) is 0.583. The second-order valence-corrected chi connectivity index (χ2v) is 9.23. The summed E-state index contributed by atoms with van der Waals surface area (Å²) in [4.78, 5) is 31.6. The molecule has 3 rings (SSSR count). The predicted molar refractivity (Wildman–Crippen MR) is 123 cm³/mol. The number of piperazine rings is 1. The van der Waals surface area contributed by atoms with Gasteiger partial charge in [0.15, 0.2) is 0 Å². The molecule has 0 unspecified atom stereocenters. The second-order valence-electron chi connectivity index (χ2n) is 9.23. The van der Waals surface area contributed by atoms with Crippen LogP contribution in [0.3, 0.4) is 0 Å². The molecule has 0 saturated carbocycles. The zero-order chi connectivity index (χ0) is 22.3. The van der Waals surface area contributed by atoms with Gasteiger partial charge in [-0.15, -0.1) is 0 Å². The summed E-state index contributed by atoms with van der Waals surface area (Å²) < 4.78 is 5.43. The van der Waals surface area contributed by atoms with Gasteiger partial charge in [-0.1, -0.05) is 18.2 Å². The van der Waals surface area contributed by atoms with E-state index in [4.69, 9.17) is 4.74 Å². The maximum Gasteiger partial charge on any atom is 0.410 e. The zero-order valence-electron chi connectivity index (χ0n) is 19.1. The van der Waals surface area contributed by atoms with Gasteiger partial charge in [0.2, 0.25) is 5.91 Å². The molecule has 1 aromatic carbocycles. The summed E-state index contributed by atoms with van der Waals surface area (Å²) >= 11 is 0. The van der Waals surface area contributed by atoms with Crippen molar-refractivity contribution in [1.82, 2.24) is 20.1 Å². The van der Waals surface area contributed by atoms with Crippen molar-refractivity contribution < 1.29 is 14.3 Å². The number of hydrogen-bond donors (Lipinski definition) is 2. The fourth-order valence-corrected chi connectivity index (χ4v) is 3.88. The molecule has 0 aliphatic carbocycles. The first-order valence-corrected chi connectivity index (χ1v) is 11.3. The first kappa shape index (κ1) is 23.1. The number of nitrogens with one attached hydrogen (secondary N) is 2. The third kappa shape index (κ3) is 7.28. The lowest BCUT2D eigenvalue weighted by Crippen LogP contribution is -2.50. The van der Waals surface area contributed by atoms with Gasteiger partial charge in [0.1, 0.15) is 5.60 Å². The van der Waals surface area contributed by atoms with E-state index in [2.05, 4.69) is 27.3 Å². The molecule has 7 nitrogen and oxygen atoms in total. The average Bonchev–Trinajstić information content (AvgIpc) is 3.14. The third-order valence-corrected chi connectivity index (χ3v) is 5.52. The number of carbonyl (C=O) groups is 2. The number of hydrogen-bond acceptors (Lipinski definition) is 4. The summed E-state index contributed by atoms with van der Waals surface area (Å²) in [7, 11) is 0. The van der Waals surface area contributed by atoms with Gasteiger partial charge in [-0.3, -0.25) is 9.69 Å². The molecular weight excluding hydrogens is 392 g/mol. The Balaban J connectivity index is 1.25. The van der Waals surface area contributed by atoms with E-state index in [-0.39, 0.29) is 12.0 Å². The highest BCUT2D eigenvalue weighted by atomic mass is 16.6. The van der Waals surface area contributed by atoms with E-state index in [9.17, 15) is 9.59 Å². The maximum absolute atomic E-state index is 12.1. The van der Waals surface area contributed by atoms with Gasteiger partial charge in [0.05, 0.1) is 0 Å². The van der Waals surface area contributed by atoms with Crippen LogP contribution in [0.5, 0.6) is 0 Å². The first-order chi connectivity index (χ1) is 14.8. The highest BCUT2D eigenvalue weighted by Gasteiger charge is 2.25. The van der Waals surface area contributed by atoms with Crippen molar-refractivity contribution in [2.24, 2.45) is 0 Å². The van der Waals surface area contributed by atoms with Gasteiger partial charge in [0.25, 0.3) is 0 Å². The number of para-hydroxylation sites is 1. The molecule has 1 aliphatic heterocycles. The highest BCUT2D eigenvalue weighted by molar-refractivity contribution is 5.83. The minimum Gasteiger partial charge on any atom is -0.444 e. The highest BCUT2D eigenvalue weighted by Crippen LogP contribution is 2.19. The van der Waals surface area contributed by atoms with Crippen LogP contribution in [0, 0.1) is 0 Å². The standard InChI is InChI=1S/C24H36N4O3/c1-24(2,3)31-23(30)28-16-14-27(15-17-28)13-7-12-25-22(29)11-6-8-19-18-26-21-10-5-4-9-20(19)21/h4-5,9-10,18,26H,6-8,11-17H2,1-3H3,(H,25,29). The third-order valence-electron chi connectivity index (χ3n) is 5.52. The van der Waals surface area contributed by atoms with Crippen LogP contribution in [0.4, 0.5) is 4.79 Å². The largest absolute Gasteiger partial charge is 0.444 e. The van der Waals surface area contributed by atoms with Crippen LogP contribution in [0.15, 0.2) is 30.5 Å². The number of aromatic amines is 1. The van der Waals surface area contributed by atoms with Crippen molar-refractivity contribution in [1.29, 1.82) is 0 Å². The Labute approximate surface area is 185 Å². The van der Waals surface area contributed by atoms with Gasteiger partial charge in [-0.05, 0) is 58.2 Å². The van der Waals surface area contributed by atoms with Crippen LogP contribution in [0.2, 0.25) is 0 Å². The Kier molecular flexibility index (Phi) is 7.96. The van der Waals surface area contributed by atoms with E-state index < -0.39 is 5.60 Å². The maximum atomic E-state index is 12.1. The normalized spacial score (nSPS) is 15.3. The molecule has 2 aromatic rings. The van der Waals surface area contributed by atoms with Crippen molar-refractivity contribution in [2.45, 2.75) is 52.1 Å². The van der Waals surface area contributed by atoms with E-state index in [0.29, 0.717) is 26.1 Å². The lowest BCUT2D eigenvalue weighted by atomic mass is 10.1. The molecule has 2 heterocycles. The van der Waals surface area contributed by atoms with Crippen LogP contribution in [-0.4, -0.2) is 71.7 Å². The first-order valence-electron chi connectivity index (χ1n) is 11.3. The minimum absolute atomic E-state index is 0.120. The van der Waals surface area contributed by atoms with Crippen LogP contribution in [-0.2, 0) is 16.0 Å². The van der Waals surface area contributed by atoms with E-state index in [1.165, 1.54) is 10.9 Å². The number of fused-ring (bicyclic) bond motifs is 1. The summed E-state index contributed by atoms with van der Waals surface area (Å²) in [6.45, 7) is 10.4. The summed E-state index contributed by atoms with van der Waals surface area (Å²) in [5, 5.41) is 4.28. The molecule has 0 atom stereocenters. The van der Waals surface area contributed by atoms with E-state index in [0.717, 1.165) is 44.4 Å². The predicted octanol–water partition coefficient (Wildman–Crippen LogP) is 3.55. The average molecular weight is 429 g/mol. The number of aryl methyl sites for hydroxylation is 1. The molecule has 0 radical (unpaired) electrons. The molecule has 2 amide bonds. The lowest BCUT2D eigenvalue weighted by Gasteiger charge is -2.35. The van der Waals surface area contributed by atoms with Crippen LogP contribution < -0.4 is 5.32 Å². The topological polar surface area (TPSA) is 77.7 Å². The van der Waals surface area contributed by atoms with Crippen molar-refractivity contribution in [2.75, 3.05) is 39.3 Å². The SMILES string of the molecule is CC(C)(C)OC(=O)N1CCN(CCCNC(=O)CCCc2c[nH]c3ccccc23)CC1. The number of aromatic nitrogens is 1. The minimum atomic E-state index is -0.457. The number of benzene rings is 1. The Morgan fingerprint density at radius 2 is 1.84 bits per heavy atom. The van der Waals surface area contributed by atoms with Crippen molar-refractivity contribution >= 4 is 22.9 Å². The van der Waals surface area contributed by atoms with Gasteiger partial charge in [0, 0.05) is 56.2 Å². The number of nitrogens with zero attached hydrogens (tertiary/aromatic N) is 2. The van der Waals surface area contributed by atoms with Crippen LogP contribution >= 0.6 is 0 Å². The second kappa shape index (κ2) is 10.7. The molecule has 1 saturated heterocycles. The molecule has 31 heavy (non-hydrogen) atoms. The van der Waals surface area contributed by atoms with Gasteiger partial charge in [-0.2, -0.15) is 0 Å². The number of rotatable bonds is 8.